The topological polar surface area (TPSA) is 72.6 Å². The molecule has 0 radical (unpaired) electrons. The molecule has 0 aromatic heterocycles. The molecule has 18 heavy (non-hydrogen) atoms. The first-order valence-corrected chi connectivity index (χ1v) is 5.67. The summed E-state index contributed by atoms with van der Waals surface area (Å²) in [4.78, 5) is 10.6. The molecule has 1 aliphatic rings. The van der Waals surface area contributed by atoms with Crippen LogP contribution in [0.5, 0.6) is 11.5 Å². The van der Waals surface area contributed by atoms with Crippen molar-refractivity contribution < 1.29 is 14.8 Å². The van der Waals surface area contributed by atoms with E-state index >= 15 is 0 Å². The Hall–Kier alpha value is -2.30. The van der Waals surface area contributed by atoms with E-state index in [0.717, 1.165) is 5.39 Å². The molecule has 0 bridgehead atoms. The van der Waals surface area contributed by atoms with E-state index in [1.807, 2.05) is 13.0 Å². The number of aromatic hydroxyl groups is 1. The molecule has 2 aromatic carbocycles. The average Bonchev–Trinajstić information content (AvgIpc) is 2.70. The molecule has 5 heteroatoms. The molecule has 92 valence electrons. The minimum atomic E-state index is -0.540. The van der Waals surface area contributed by atoms with Crippen LogP contribution in [0.4, 0.5) is 5.69 Å². The second-order valence-electron chi connectivity index (χ2n) is 4.44. The summed E-state index contributed by atoms with van der Waals surface area (Å²) in [5, 5.41) is 22.4. The monoisotopic (exact) mass is 245 g/mol. The minimum absolute atomic E-state index is 0.107. The van der Waals surface area contributed by atoms with Crippen LogP contribution in [0.1, 0.15) is 12.5 Å². The molecule has 0 unspecified atom stereocenters. The van der Waals surface area contributed by atoms with Gasteiger partial charge in [0.1, 0.15) is 11.9 Å². The normalized spacial score (nSPS) is 17.5. The Morgan fingerprint density at radius 2 is 2.06 bits per heavy atom. The molecule has 0 saturated carbocycles. The fraction of sp³-hybridized carbons (Fsp3) is 0.231. The van der Waals surface area contributed by atoms with E-state index in [4.69, 9.17) is 4.74 Å². The molecule has 0 amide bonds. The predicted molar refractivity (Wildman–Crippen MR) is 66.1 cm³/mol. The van der Waals surface area contributed by atoms with Crippen molar-refractivity contribution in [2.24, 2.45) is 0 Å². The average molecular weight is 245 g/mol. The zero-order valence-corrected chi connectivity index (χ0v) is 9.71. The van der Waals surface area contributed by atoms with Crippen LogP contribution in [0.2, 0.25) is 0 Å². The van der Waals surface area contributed by atoms with E-state index in [-0.39, 0.29) is 17.5 Å². The SMILES string of the molecule is C[C@H]1Cc2c([N+](=O)[O-])c(O)c3ccccc3c2O1. The molecule has 0 spiro atoms. The molecule has 1 N–H and O–H groups in total. The summed E-state index contributed by atoms with van der Waals surface area (Å²) in [5.74, 6) is 0.259. The van der Waals surface area contributed by atoms with Crippen LogP contribution in [0.3, 0.4) is 0 Å². The predicted octanol–water partition coefficient (Wildman–Crippen LogP) is 2.78. The van der Waals surface area contributed by atoms with Gasteiger partial charge in [-0.25, -0.2) is 0 Å². The number of nitrogens with zero attached hydrogens (tertiary/aromatic N) is 1. The molecule has 2 aromatic rings. The number of nitro benzene ring substituents is 1. The molecular formula is C13H11NO4. The van der Waals surface area contributed by atoms with E-state index in [0.29, 0.717) is 23.1 Å². The second kappa shape index (κ2) is 3.60. The van der Waals surface area contributed by atoms with Crippen molar-refractivity contribution >= 4 is 16.5 Å². The lowest BCUT2D eigenvalue weighted by Crippen LogP contribution is -2.05. The summed E-state index contributed by atoms with van der Waals surface area (Å²) in [5.41, 5.74) is 0.261. The van der Waals surface area contributed by atoms with Crippen LogP contribution in [-0.4, -0.2) is 16.1 Å². The first-order valence-electron chi connectivity index (χ1n) is 5.67. The number of hydrogen-bond donors (Lipinski definition) is 1. The van der Waals surface area contributed by atoms with Gasteiger partial charge in [-0.3, -0.25) is 10.1 Å². The van der Waals surface area contributed by atoms with E-state index < -0.39 is 4.92 Å². The van der Waals surface area contributed by atoms with Gasteiger partial charge in [0.15, 0.2) is 0 Å². The molecule has 1 aliphatic heterocycles. The highest BCUT2D eigenvalue weighted by atomic mass is 16.6. The van der Waals surface area contributed by atoms with Gasteiger partial charge in [0.05, 0.1) is 10.5 Å². The Bertz CT molecular complexity index is 666. The van der Waals surface area contributed by atoms with Crippen LogP contribution < -0.4 is 4.74 Å². The third-order valence-electron chi connectivity index (χ3n) is 3.20. The van der Waals surface area contributed by atoms with Crippen molar-refractivity contribution in [3.63, 3.8) is 0 Å². The molecule has 0 fully saturated rings. The van der Waals surface area contributed by atoms with Crippen molar-refractivity contribution in [2.45, 2.75) is 19.4 Å². The van der Waals surface area contributed by atoms with Crippen molar-refractivity contribution in [3.05, 3.63) is 39.9 Å². The van der Waals surface area contributed by atoms with Gasteiger partial charge in [-0.15, -0.1) is 0 Å². The van der Waals surface area contributed by atoms with E-state index in [9.17, 15) is 15.2 Å². The lowest BCUT2D eigenvalue weighted by atomic mass is 10.0. The van der Waals surface area contributed by atoms with Gasteiger partial charge < -0.3 is 9.84 Å². The lowest BCUT2D eigenvalue weighted by Gasteiger charge is -2.08. The van der Waals surface area contributed by atoms with Crippen LogP contribution in [0.25, 0.3) is 10.8 Å². The maximum atomic E-state index is 11.1. The Kier molecular flexibility index (Phi) is 2.16. The third kappa shape index (κ3) is 1.33. The number of phenols is 1. The summed E-state index contributed by atoms with van der Waals surface area (Å²) < 4.78 is 5.65. The molecule has 5 nitrogen and oxygen atoms in total. The van der Waals surface area contributed by atoms with Crippen molar-refractivity contribution in [3.8, 4) is 11.5 Å². The van der Waals surface area contributed by atoms with E-state index in [2.05, 4.69) is 0 Å². The number of hydrogen-bond acceptors (Lipinski definition) is 4. The van der Waals surface area contributed by atoms with Crippen molar-refractivity contribution in [1.29, 1.82) is 0 Å². The fourth-order valence-electron chi connectivity index (χ4n) is 2.48. The number of fused-ring (bicyclic) bond motifs is 3. The highest BCUT2D eigenvalue weighted by Gasteiger charge is 2.33. The molecule has 3 rings (SSSR count). The van der Waals surface area contributed by atoms with Crippen LogP contribution >= 0.6 is 0 Å². The van der Waals surface area contributed by atoms with Gasteiger partial charge in [-0.2, -0.15) is 0 Å². The zero-order valence-electron chi connectivity index (χ0n) is 9.71. The largest absolute Gasteiger partial charge is 0.502 e. The third-order valence-corrected chi connectivity index (χ3v) is 3.20. The first-order chi connectivity index (χ1) is 8.59. The van der Waals surface area contributed by atoms with Gasteiger partial charge in [0.2, 0.25) is 5.75 Å². The highest BCUT2D eigenvalue weighted by molar-refractivity contribution is 5.98. The maximum Gasteiger partial charge on any atom is 0.318 e. The summed E-state index contributed by atoms with van der Waals surface area (Å²) in [6.45, 7) is 1.86. The van der Waals surface area contributed by atoms with Gasteiger partial charge in [0.25, 0.3) is 0 Å². The molecule has 0 saturated heterocycles. The number of rotatable bonds is 1. The number of nitro groups is 1. The smallest absolute Gasteiger partial charge is 0.318 e. The fourth-order valence-corrected chi connectivity index (χ4v) is 2.48. The van der Waals surface area contributed by atoms with Gasteiger partial charge in [-0.1, -0.05) is 24.3 Å². The van der Waals surface area contributed by atoms with Gasteiger partial charge in [0, 0.05) is 17.2 Å². The molecule has 0 aliphatic carbocycles. The highest BCUT2D eigenvalue weighted by Crippen LogP contribution is 2.48. The minimum Gasteiger partial charge on any atom is -0.502 e. The Labute approximate surface area is 103 Å². The van der Waals surface area contributed by atoms with Gasteiger partial charge >= 0.3 is 5.69 Å². The zero-order chi connectivity index (χ0) is 12.9. The first kappa shape index (κ1) is 10.8. The van der Waals surface area contributed by atoms with Crippen molar-refractivity contribution in [1.82, 2.24) is 0 Å². The standard InChI is InChI=1S/C13H11NO4/c1-7-6-10-11(14(16)17)12(15)8-4-2-3-5-9(8)13(10)18-7/h2-5,7,15H,6H2,1H3/t7-/m0/s1. The number of ether oxygens (including phenoxy) is 1. The summed E-state index contributed by atoms with van der Waals surface area (Å²) in [6, 6.07) is 7.01. The van der Waals surface area contributed by atoms with E-state index in [1.165, 1.54) is 0 Å². The quantitative estimate of drug-likeness (QED) is 0.619. The lowest BCUT2D eigenvalue weighted by molar-refractivity contribution is -0.386. The molecule has 1 heterocycles. The summed E-state index contributed by atoms with van der Waals surface area (Å²) >= 11 is 0. The van der Waals surface area contributed by atoms with Crippen LogP contribution in [0, 0.1) is 10.1 Å². The van der Waals surface area contributed by atoms with Crippen LogP contribution in [0.15, 0.2) is 24.3 Å². The Balaban J connectivity index is 2.46. The van der Waals surface area contributed by atoms with Crippen LogP contribution in [-0.2, 0) is 6.42 Å². The molecular weight excluding hydrogens is 234 g/mol. The second-order valence-corrected chi connectivity index (χ2v) is 4.44. The Morgan fingerprint density at radius 3 is 2.72 bits per heavy atom. The maximum absolute atomic E-state index is 11.1. The summed E-state index contributed by atoms with van der Waals surface area (Å²) in [7, 11) is 0. The molecule has 1 atom stereocenters. The number of phenolic OH excluding ortho intramolecular Hbond substituents is 1. The van der Waals surface area contributed by atoms with Crippen molar-refractivity contribution in [2.75, 3.05) is 0 Å². The summed E-state index contributed by atoms with van der Waals surface area (Å²) in [6.07, 6.45) is 0.341. The number of benzene rings is 2. The van der Waals surface area contributed by atoms with E-state index in [1.54, 1.807) is 18.2 Å². The van der Waals surface area contributed by atoms with Gasteiger partial charge in [-0.05, 0) is 6.92 Å². The Morgan fingerprint density at radius 1 is 1.39 bits per heavy atom.